The molecule has 0 spiro atoms. The molecule has 0 aromatic rings. The van der Waals surface area contributed by atoms with E-state index in [0.717, 1.165) is 32.4 Å². The van der Waals surface area contributed by atoms with Crippen molar-refractivity contribution in [2.24, 2.45) is 5.92 Å². The summed E-state index contributed by atoms with van der Waals surface area (Å²) >= 11 is 0. The van der Waals surface area contributed by atoms with Gasteiger partial charge in [-0.05, 0) is 32.4 Å². The lowest BCUT2D eigenvalue weighted by atomic mass is 10.0. The smallest absolute Gasteiger partial charge is 0.308 e. The van der Waals surface area contributed by atoms with Crippen molar-refractivity contribution in [3.63, 3.8) is 0 Å². The molecule has 0 saturated carbocycles. The summed E-state index contributed by atoms with van der Waals surface area (Å²) in [6.07, 6.45) is 2.98. The summed E-state index contributed by atoms with van der Waals surface area (Å²) < 4.78 is 4.68. The molecule has 1 unspecified atom stereocenters. The lowest BCUT2D eigenvalue weighted by molar-refractivity contribution is -0.145. The number of nitrogens with one attached hydrogen (secondary N) is 1. The van der Waals surface area contributed by atoms with E-state index in [2.05, 4.69) is 10.1 Å². The molecule has 0 aromatic carbocycles. The van der Waals surface area contributed by atoms with Gasteiger partial charge in [-0.15, -0.1) is 0 Å². The van der Waals surface area contributed by atoms with Gasteiger partial charge in [0.25, 0.3) is 0 Å². The van der Waals surface area contributed by atoms with E-state index < -0.39 is 0 Å². The second kappa shape index (κ2) is 4.34. The molecule has 1 saturated heterocycles. The van der Waals surface area contributed by atoms with Gasteiger partial charge < -0.3 is 10.1 Å². The van der Waals surface area contributed by atoms with Crippen LogP contribution >= 0.6 is 0 Å². The molecular formula is C8H15NO2. The fourth-order valence-electron chi connectivity index (χ4n) is 1.42. The highest BCUT2D eigenvalue weighted by atomic mass is 16.5. The van der Waals surface area contributed by atoms with E-state index in [1.165, 1.54) is 7.11 Å². The Morgan fingerprint density at radius 2 is 2.27 bits per heavy atom. The average molecular weight is 157 g/mol. The summed E-state index contributed by atoms with van der Waals surface area (Å²) in [5, 5.41) is 3.25. The molecule has 1 fully saturated rings. The summed E-state index contributed by atoms with van der Waals surface area (Å²) in [5.74, 6) is 0.0868. The molecule has 0 bridgehead atoms. The van der Waals surface area contributed by atoms with Crippen molar-refractivity contribution in [2.45, 2.75) is 19.3 Å². The minimum atomic E-state index is -0.0475. The highest BCUT2D eigenvalue weighted by molar-refractivity contribution is 5.72. The van der Waals surface area contributed by atoms with E-state index in [0.29, 0.717) is 0 Å². The van der Waals surface area contributed by atoms with Gasteiger partial charge in [0.1, 0.15) is 0 Å². The lowest BCUT2D eigenvalue weighted by Gasteiger charge is -2.09. The average Bonchev–Trinajstić information content (AvgIpc) is 2.30. The Hall–Kier alpha value is -0.570. The molecule has 3 heteroatoms. The van der Waals surface area contributed by atoms with E-state index in [1.54, 1.807) is 0 Å². The third-order valence-electron chi connectivity index (χ3n) is 2.11. The first-order chi connectivity index (χ1) is 5.34. The number of carbonyl (C=O) groups excluding carboxylic acids is 1. The Morgan fingerprint density at radius 3 is 3.00 bits per heavy atom. The third-order valence-corrected chi connectivity index (χ3v) is 2.11. The third kappa shape index (κ3) is 2.50. The maximum atomic E-state index is 11.1. The zero-order valence-corrected chi connectivity index (χ0v) is 6.93. The van der Waals surface area contributed by atoms with Crippen molar-refractivity contribution in [3.05, 3.63) is 0 Å². The van der Waals surface area contributed by atoms with Crippen molar-refractivity contribution < 1.29 is 9.53 Å². The Balaban J connectivity index is 2.36. The fourth-order valence-corrected chi connectivity index (χ4v) is 1.42. The molecule has 1 N–H and O–H groups in total. The predicted octanol–water partition coefficient (Wildman–Crippen LogP) is 0.549. The molecule has 0 aromatic heterocycles. The maximum absolute atomic E-state index is 11.1. The quantitative estimate of drug-likeness (QED) is 0.565. The standard InChI is InChI=1S/C8H15NO2/c1-11-8(10)7-3-2-5-9-6-4-7/h7,9H,2-6H2,1H3. The second-order valence-electron chi connectivity index (χ2n) is 2.90. The van der Waals surface area contributed by atoms with Gasteiger partial charge in [0.15, 0.2) is 0 Å². The van der Waals surface area contributed by atoms with E-state index in [1.807, 2.05) is 0 Å². The molecule has 3 nitrogen and oxygen atoms in total. The topological polar surface area (TPSA) is 38.3 Å². The van der Waals surface area contributed by atoms with Crippen molar-refractivity contribution in [2.75, 3.05) is 20.2 Å². The van der Waals surface area contributed by atoms with Crippen LogP contribution in [0.15, 0.2) is 0 Å². The summed E-state index contributed by atoms with van der Waals surface area (Å²) in [4.78, 5) is 11.1. The molecule has 1 atom stereocenters. The van der Waals surface area contributed by atoms with E-state index >= 15 is 0 Å². The van der Waals surface area contributed by atoms with Gasteiger partial charge in [-0.2, -0.15) is 0 Å². The van der Waals surface area contributed by atoms with Crippen LogP contribution in [-0.4, -0.2) is 26.2 Å². The van der Waals surface area contributed by atoms with Gasteiger partial charge >= 0.3 is 5.97 Å². The van der Waals surface area contributed by atoms with Crippen molar-refractivity contribution in [1.82, 2.24) is 5.32 Å². The molecule has 11 heavy (non-hydrogen) atoms. The van der Waals surface area contributed by atoms with Gasteiger partial charge in [0.2, 0.25) is 0 Å². The summed E-state index contributed by atoms with van der Waals surface area (Å²) in [6.45, 7) is 1.98. The zero-order chi connectivity index (χ0) is 8.10. The first-order valence-electron chi connectivity index (χ1n) is 4.13. The van der Waals surface area contributed by atoms with Gasteiger partial charge in [-0.3, -0.25) is 4.79 Å². The summed E-state index contributed by atoms with van der Waals surface area (Å²) in [5.41, 5.74) is 0. The number of hydrogen-bond acceptors (Lipinski definition) is 3. The van der Waals surface area contributed by atoms with Crippen LogP contribution in [0.4, 0.5) is 0 Å². The Kier molecular flexibility index (Phi) is 3.36. The number of hydrogen-bond donors (Lipinski definition) is 1. The van der Waals surface area contributed by atoms with Crippen molar-refractivity contribution >= 4 is 5.97 Å². The number of carbonyl (C=O) groups is 1. The van der Waals surface area contributed by atoms with Gasteiger partial charge in [-0.25, -0.2) is 0 Å². The van der Waals surface area contributed by atoms with Crippen LogP contribution in [-0.2, 0) is 9.53 Å². The van der Waals surface area contributed by atoms with Crippen LogP contribution < -0.4 is 5.32 Å². The van der Waals surface area contributed by atoms with Crippen LogP contribution in [0.2, 0.25) is 0 Å². The zero-order valence-electron chi connectivity index (χ0n) is 6.93. The highest BCUT2D eigenvalue weighted by Gasteiger charge is 2.19. The summed E-state index contributed by atoms with van der Waals surface area (Å²) in [6, 6.07) is 0. The number of esters is 1. The summed E-state index contributed by atoms with van der Waals surface area (Å²) in [7, 11) is 1.46. The minimum absolute atomic E-state index is 0.0475. The van der Waals surface area contributed by atoms with Crippen molar-refractivity contribution in [3.8, 4) is 0 Å². The van der Waals surface area contributed by atoms with Crippen LogP contribution in [0.1, 0.15) is 19.3 Å². The van der Waals surface area contributed by atoms with Crippen LogP contribution in [0.5, 0.6) is 0 Å². The number of ether oxygens (including phenoxy) is 1. The second-order valence-corrected chi connectivity index (χ2v) is 2.90. The van der Waals surface area contributed by atoms with Crippen molar-refractivity contribution in [1.29, 1.82) is 0 Å². The molecule has 0 amide bonds. The molecule has 1 heterocycles. The van der Waals surface area contributed by atoms with E-state index in [-0.39, 0.29) is 11.9 Å². The van der Waals surface area contributed by atoms with Gasteiger partial charge in [0.05, 0.1) is 13.0 Å². The predicted molar refractivity (Wildman–Crippen MR) is 42.2 cm³/mol. The first-order valence-corrected chi connectivity index (χ1v) is 4.13. The molecule has 0 radical (unpaired) electrons. The monoisotopic (exact) mass is 157 g/mol. The van der Waals surface area contributed by atoms with Gasteiger partial charge in [-0.1, -0.05) is 0 Å². The fraction of sp³-hybridized carbons (Fsp3) is 0.875. The van der Waals surface area contributed by atoms with E-state index in [9.17, 15) is 4.79 Å². The Labute approximate surface area is 67.1 Å². The Morgan fingerprint density at radius 1 is 1.45 bits per heavy atom. The first kappa shape index (κ1) is 8.53. The molecule has 1 aliphatic rings. The number of methoxy groups -OCH3 is 1. The molecular weight excluding hydrogens is 142 g/mol. The van der Waals surface area contributed by atoms with Crippen LogP contribution in [0, 0.1) is 5.92 Å². The largest absolute Gasteiger partial charge is 0.469 e. The van der Waals surface area contributed by atoms with Gasteiger partial charge in [0, 0.05) is 0 Å². The Bertz CT molecular complexity index is 128. The van der Waals surface area contributed by atoms with Crippen LogP contribution in [0.3, 0.4) is 0 Å². The normalized spacial score (nSPS) is 25.7. The number of rotatable bonds is 1. The molecule has 64 valence electrons. The minimum Gasteiger partial charge on any atom is -0.469 e. The molecule has 0 aliphatic carbocycles. The maximum Gasteiger partial charge on any atom is 0.308 e. The molecule has 1 aliphatic heterocycles. The molecule has 1 rings (SSSR count). The highest BCUT2D eigenvalue weighted by Crippen LogP contribution is 2.14. The SMILES string of the molecule is COC(=O)C1CCCNCC1. The van der Waals surface area contributed by atoms with Crippen LogP contribution in [0.25, 0.3) is 0 Å². The van der Waals surface area contributed by atoms with E-state index in [4.69, 9.17) is 0 Å². The lowest BCUT2D eigenvalue weighted by Crippen LogP contribution is -2.18.